The maximum Gasteiger partial charge on any atom is 0.124 e. The van der Waals surface area contributed by atoms with Crippen LogP contribution < -0.4 is 4.74 Å². The molecule has 0 saturated heterocycles. The van der Waals surface area contributed by atoms with Gasteiger partial charge >= 0.3 is 0 Å². The Morgan fingerprint density at radius 1 is 0.905 bits per heavy atom. The van der Waals surface area contributed by atoms with Crippen LogP contribution in [-0.4, -0.2) is 10.7 Å². The van der Waals surface area contributed by atoms with Crippen LogP contribution in [0.4, 0.5) is 0 Å². The lowest BCUT2D eigenvalue weighted by atomic mass is 10.1. The smallest absolute Gasteiger partial charge is 0.124 e. The fourth-order valence-electron chi connectivity index (χ4n) is 1.98. The second-order valence-electron chi connectivity index (χ2n) is 6.22. The average Bonchev–Trinajstić information content (AvgIpc) is 2.35. The summed E-state index contributed by atoms with van der Waals surface area (Å²) in [5.74, 6) is 0.881. The van der Waals surface area contributed by atoms with Crippen LogP contribution in [0.3, 0.4) is 0 Å². The third-order valence-corrected chi connectivity index (χ3v) is 2.88. The number of rotatable bonds is 3. The SMILES string of the molecule is Cc1ccc(/C=C/c2cc(O)cc(OC(C)(C)C)c2)cc1. The number of benzene rings is 2. The molecule has 110 valence electrons. The summed E-state index contributed by atoms with van der Waals surface area (Å²) in [5.41, 5.74) is 2.99. The van der Waals surface area contributed by atoms with Gasteiger partial charge in [-0.2, -0.15) is 0 Å². The molecule has 1 N–H and O–H groups in total. The first-order chi connectivity index (χ1) is 9.82. The zero-order chi connectivity index (χ0) is 15.5. The molecule has 2 aromatic rings. The summed E-state index contributed by atoms with van der Waals surface area (Å²) in [6.45, 7) is 8.02. The molecule has 2 nitrogen and oxygen atoms in total. The number of hydrogen-bond acceptors (Lipinski definition) is 2. The summed E-state index contributed by atoms with van der Waals surface area (Å²) in [6.07, 6.45) is 4.00. The molecule has 0 aliphatic rings. The van der Waals surface area contributed by atoms with Crippen LogP contribution in [0.15, 0.2) is 42.5 Å². The molecule has 0 amide bonds. The van der Waals surface area contributed by atoms with Gasteiger partial charge in [0, 0.05) is 6.07 Å². The molecule has 0 radical (unpaired) electrons. The van der Waals surface area contributed by atoms with Gasteiger partial charge in [-0.05, 0) is 51.0 Å². The molecule has 0 aromatic heterocycles. The molecule has 2 aromatic carbocycles. The second kappa shape index (κ2) is 6.04. The molecule has 0 saturated carbocycles. The van der Waals surface area contributed by atoms with E-state index < -0.39 is 0 Å². The van der Waals surface area contributed by atoms with Crippen molar-refractivity contribution in [3.63, 3.8) is 0 Å². The van der Waals surface area contributed by atoms with Crippen LogP contribution in [0.5, 0.6) is 11.5 Å². The van der Waals surface area contributed by atoms with Crippen molar-refractivity contribution >= 4 is 12.2 Å². The van der Waals surface area contributed by atoms with E-state index in [0.29, 0.717) is 5.75 Å². The van der Waals surface area contributed by atoms with Gasteiger partial charge in [-0.25, -0.2) is 0 Å². The van der Waals surface area contributed by atoms with E-state index in [1.165, 1.54) is 5.56 Å². The minimum Gasteiger partial charge on any atom is -0.508 e. The Morgan fingerprint density at radius 3 is 2.14 bits per heavy atom. The Hall–Kier alpha value is -2.22. The van der Waals surface area contributed by atoms with Crippen molar-refractivity contribution in [1.82, 2.24) is 0 Å². The van der Waals surface area contributed by atoms with E-state index in [1.54, 1.807) is 12.1 Å². The quantitative estimate of drug-likeness (QED) is 0.798. The van der Waals surface area contributed by atoms with E-state index in [0.717, 1.165) is 11.1 Å². The van der Waals surface area contributed by atoms with Gasteiger partial charge in [0.1, 0.15) is 17.1 Å². The number of hydrogen-bond donors (Lipinski definition) is 1. The van der Waals surface area contributed by atoms with Gasteiger partial charge in [0.2, 0.25) is 0 Å². The highest BCUT2D eigenvalue weighted by atomic mass is 16.5. The van der Waals surface area contributed by atoms with E-state index in [4.69, 9.17) is 4.74 Å². The number of phenols is 1. The standard InChI is InChI=1S/C19H22O2/c1-14-5-7-15(8-6-14)9-10-16-11-17(20)13-18(12-16)21-19(2,3)4/h5-13,20H,1-4H3/b10-9+. The molecule has 0 unspecified atom stereocenters. The molecule has 0 fully saturated rings. The van der Waals surface area contributed by atoms with E-state index in [9.17, 15) is 5.11 Å². The van der Waals surface area contributed by atoms with Crippen LogP contribution in [0.25, 0.3) is 12.2 Å². The first-order valence-corrected chi connectivity index (χ1v) is 7.10. The zero-order valence-corrected chi connectivity index (χ0v) is 13.1. The maximum absolute atomic E-state index is 9.81. The van der Waals surface area contributed by atoms with Crippen LogP contribution in [0.2, 0.25) is 0 Å². The van der Waals surface area contributed by atoms with Crippen molar-refractivity contribution in [2.24, 2.45) is 0 Å². The van der Waals surface area contributed by atoms with Crippen LogP contribution in [0, 0.1) is 6.92 Å². The summed E-state index contributed by atoms with van der Waals surface area (Å²) in [6, 6.07) is 13.6. The zero-order valence-electron chi connectivity index (χ0n) is 13.1. The molecule has 2 heteroatoms. The molecule has 0 aliphatic carbocycles. The van der Waals surface area contributed by atoms with Crippen LogP contribution in [0.1, 0.15) is 37.5 Å². The van der Waals surface area contributed by atoms with E-state index in [1.807, 2.05) is 39.0 Å². The highest BCUT2D eigenvalue weighted by Crippen LogP contribution is 2.26. The fourth-order valence-corrected chi connectivity index (χ4v) is 1.98. The van der Waals surface area contributed by atoms with Gasteiger partial charge in [0.15, 0.2) is 0 Å². The minimum absolute atomic E-state index is 0.209. The predicted octanol–water partition coefficient (Wildman–Crippen LogP) is 5.05. The van der Waals surface area contributed by atoms with Gasteiger partial charge in [-0.3, -0.25) is 0 Å². The van der Waals surface area contributed by atoms with Crippen molar-refractivity contribution in [2.75, 3.05) is 0 Å². The summed E-state index contributed by atoms with van der Waals surface area (Å²) >= 11 is 0. The predicted molar refractivity (Wildman–Crippen MR) is 88.6 cm³/mol. The first-order valence-electron chi connectivity index (χ1n) is 7.10. The van der Waals surface area contributed by atoms with E-state index in [-0.39, 0.29) is 11.4 Å². The highest BCUT2D eigenvalue weighted by molar-refractivity contribution is 5.71. The largest absolute Gasteiger partial charge is 0.508 e. The van der Waals surface area contributed by atoms with E-state index in [2.05, 4.69) is 31.2 Å². The van der Waals surface area contributed by atoms with Gasteiger partial charge in [-0.15, -0.1) is 0 Å². The topological polar surface area (TPSA) is 29.5 Å². The molecule has 0 atom stereocenters. The normalized spacial score (nSPS) is 11.8. The maximum atomic E-state index is 9.81. The molecule has 0 heterocycles. The van der Waals surface area contributed by atoms with Gasteiger partial charge < -0.3 is 9.84 Å². The average molecular weight is 282 g/mol. The second-order valence-corrected chi connectivity index (χ2v) is 6.22. The van der Waals surface area contributed by atoms with Crippen molar-refractivity contribution < 1.29 is 9.84 Å². The third-order valence-electron chi connectivity index (χ3n) is 2.88. The van der Waals surface area contributed by atoms with Gasteiger partial charge in [-0.1, -0.05) is 42.0 Å². The van der Waals surface area contributed by atoms with Crippen molar-refractivity contribution in [1.29, 1.82) is 0 Å². The summed E-state index contributed by atoms with van der Waals surface area (Å²) < 4.78 is 5.80. The van der Waals surface area contributed by atoms with Crippen LogP contribution >= 0.6 is 0 Å². The number of ether oxygens (including phenoxy) is 1. The Balaban J connectivity index is 2.21. The molecular formula is C19H22O2. The Morgan fingerprint density at radius 2 is 1.52 bits per heavy atom. The molecule has 2 rings (SSSR count). The van der Waals surface area contributed by atoms with Crippen molar-refractivity contribution in [2.45, 2.75) is 33.3 Å². The molecule has 21 heavy (non-hydrogen) atoms. The Labute approximate surface area is 126 Å². The van der Waals surface area contributed by atoms with E-state index >= 15 is 0 Å². The first kappa shape index (κ1) is 15.2. The lowest BCUT2D eigenvalue weighted by molar-refractivity contribution is 0.130. The lowest BCUT2D eigenvalue weighted by Gasteiger charge is -2.21. The molecule has 0 spiro atoms. The number of phenolic OH excluding ortho intramolecular Hbond substituents is 1. The Kier molecular flexibility index (Phi) is 4.37. The van der Waals surface area contributed by atoms with Crippen molar-refractivity contribution in [3.05, 3.63) is 59.2 Å². The minimum atomic E-state index is -0.286. The number of aromatic hydroxyl groups is 1. The third kappa shape index (κ3) is 4.99. The summed E-state index contributed by atoms with van der Waals surface area (Å²) in [5, 5.41) is 9.81. The van der Waals surface area contributed by atoms with Gasteiger partial charge in [0.25, 0.3) is 0 Å². The van der Waals surface area contributed by atoms with Crippen molar-refractivity contribution in [3.8, 4) is 11.5 Å². The Bertz CT molecular complexity index is 632. The highest BCUT2D eigenvalue weighted by Gasteiger charge is 2.12. The number of aryl methyl sites for hydroxylation is 1. The molecule has 0 bridgehead atoms. The molecule has 0 aliphatic heterocycles. The fraction of sp³-hybridized carbons (Fsp3) is 0.263. The summed E-state index contributed by atoms with van der Waals surface area (Å²) in [7, 11) is 0. The monoisotopic (exact) mass is 282 g/mol. The van der Waals surface area contributed by atoms with Gasteiger partial charge in [0.05, 0.1) is 0 Å². The lowest BCUT2D eigenvalue weighted by Crippen LogP contribution is -2.22. The van der Waals surface area contributed by atoms with Crippen LogP contribution in [-0.2, 0) is 0 Å². The molecular weight excluding hydrogens is 260 g/mol. The summed E-state index contributed by atoms with van der Waals surface area (Å²) in [4.78, 5) is 0.